The van der Waals surface area contributed by atoms with Crippen LogP contribution in [0.2, 0.25) is 0 Å². The van der Waals surface area contributed by atoms with Gasteiger partial charge < -0.3 is 10.2 Å². The second kappa shape index (κ2) is 4.65. The van der Waals surface area contributed by atoms with E-state index in [4.69, 9.17) is 10.2 Å². The summed E-state index contributed by atoms with van der Waals surface area (Å²) in [5.74, 6) is 0.464. The minimum absolute atomic E-state index is 0.232. The second-order valence-electron chi connectivity index (χ2n) is 2.43. The zero-order valence-electron chi connectivity index (χ0n) is 8.05. The number of aromatic hydroxyl groups is 2. The molecule has 0 aliphatic heterocycles. The van der Waals surface area contributed by atoms with Gasteiger partial charge in [0.1, 0.15) is 11.5 Å². The molecule has 0 spiro atoms. The van der Waals surface area contributed by atoms with E-state index in [1.165, 1.54) is 0 Å². The number of phenolic OH excluding ortho intramolecular Hbond substituents is 2. The van der Waals surface area contributed by atoms with Crippen LogP contribution in [0, 0.1) is 13.8 Å². The highest BCUT2D eigenvalue weighted by Gasteiger charge is 1.99. The maximum absolute atomic E-state index is 9.11. The number of aryl methyl sites for hydroxylation is 2. The molecule has 0 aliphatic rings. The number of hydrogen-bond donors (Lipinski definition) is 2. The molecule has 0 saturated carbocycles. The van der Waals surface area contributed by atoms with Crippen LogP contribution >= 0.6 is 0 Å². The van der Waals surface area contributed by atoms with Gasteiger partial charge >= 0.3 is 0 Å². The lowest BCUT2D eigenvalue weighted by Crippen LogP contribution is -1.78. The van der Waals surface area contributed by atoms with E-state index in [9.17, 15) is 0 Å². The van der Waals surface area contributed by atoms with Crippen molar-refractivity contribution in [2.75, 3.05) is 0 Å². The van der Waals surface area contributed by atoms with Crippen LogP contribution < -0.4 is 0 Å². The summed E-state index contributed by atoms with van der Waals surface area (Å²) in [6.07, 6.45) is 0. The Morgan fingerprint density at radius 3 is 1.33 bits per heavy atom. The van der Waals surface area contributed by atoms with Crippen molar-refractivity contribution in [3.8, 4) is 11.5 Å². The largest absolute Gasteiger partial charge is 0.508 e. The lowest BCUT2D eigenvalue weighted by molar-refractivity contribution is 0.453. The molecule has 1 aromatic rings. The van der Waals surface area contributed by atoms with Gasteiger partial charge in [-0.15, -0.1) is 0 Å². The third kappa shape index (κ3) is 2.46. The summed E-state index contributed by atoms with van der Waals surface area (Å²) < 4.78 is 0. The summed E-state index contributed by atoms with van der Waals surface area (Å²) in [6, 6.07) is 3.09. The van der Waals surface area contributed by atoms with Crippen LogP contribution in [0.3, 0.4) is 0 Å². The van der Waals surface area contributed by atoms with E-state index < -0.39 is 0 Å². The van der Waals surface area contributed by atoms with Crippen molar-refractivity contribution < 1.29 is 10.2 Å². The van der Waals surface area contributed by atoms with Gasteiger partial charge in [0, 0.05) is 0 Å². The molecule has 2 nitrogen and oxygen atoms in total. The van der Waals surface area contributed by atoms with Crippen molar-refractivity contribution in [3.05, 3.63) is 23.3 Å². The molecule has 0 atom stereocenters. The standard InChI is InChI=1S/C8H10O2.C2H6/c1-5-3-8(10)6(2)4-7(5)9;1-2/h3-4,9-10H,1-2H3;1-2H3. The molecule has 1 aromatic carbocycles. The van der Waals surface area contributed by atoms with Crippen molar-refractivity contribution in [3.63, 3.8) is 0 Å². The van der Waals surface area contributed by atoms with Gasteiger partial charge in [0.25, 0.3) is 0 Å². The molecule has 0 heterocycles. The number of benzene rings is 1. The molecular formula is C10H16O2. The molecule has 2 heteroatoms. The maximum Gasteiger partial charge on any atom is 0.119 e. The molecule has 68 valence electrons. The van der Waals surface area contributed by atoms with Crippen molar-refractivity contribution >= 4 is 0 Å². The van der Waals surface area contributed by atoms with Crippen LogP contribution in [0.15, 0.2) is 12.1 Å². The Labute approximate surface area is 73.5 Å². The minimum Gasteiger partial charge on any atom is -0.508 e. The smallest absolute Gasteiger partial charge is 0.119 e. The Balaban J connectivity index is 0.000000561. The molecule has 0 unspecified atom stereocenters. The average molecular weight is 168 g/mol. The van der Waals surface area contributed by atoms with Crippen molar-refractivity contribution in [2.24, 2.45) is 0 Å². The second-order valence-corrected chi connectivity index (χ2v) is 2.43. The highest BCUT2D eigenvalue weighted by atomic mass is 16.3. The Morgan fingerprint density at radius 1 is 0.833 bits per heavy atom. The van der Waals surface area contributed by atoms with Gasteiger partial charge in [-0.3, -0.25) is 0 Å². The molecule has 2 N–H and O–H groups in total. The topological polar surface area (TPSA) is 40.5 Å². The minimum atomic E-state index is 0.232. The van der Waals surface area contributed by atoms with Gasteiger partial charge in [0.15, 0.2) is 0 Å². The van der Waals surface area contributed by atoms with E-state index in [0.717, 1.165) is 0 Å². The summed E-state index contributed by atoms with van der Waals surface area (Å²) in [6.45, 7) is 7.49. The number of hydrogen-bond acceptors (Lipinski definition) is 2. The molecule has 0 amide bonds. The van der Waals surface area contributed by atoms with Crippen LogP contribution in [0.5, 0.6) is 11.5 Å². The summed E-state index contributed by atoms with van der Waals surface area (Å²) >= 11 is 0. The first-order valence-electron chi connectivity index (χ1n) is 4.10. The average Bonchev–Trinajstić information content (AvgIpc) is 2.05. The van der Waals surface area contributed by atoms with Gasteiger partial charge in [-0.1, -0.05) is 13.8 Å². The molecule has 0 saturated heterocycles. The van der Waals surface area contributed by atoms with Crippen LogP contribution in [0.1, 0.15) is 25.0 Å². The maximum atomic E-state index is 9.11. The predicted molar refractivity (Wildman–Crippen MR) is 50.6 cm³/mol. The van der Waals surface area contributed by atoms with Crippen LogP contribution in [0.4, 0.5) is 0 Å². The molecule has 0 fully saturated rings. The number of rotatable bonds is 0. The van der Waals surface area contributed by atoms with E-state index in [2.05, 4.69) is 0 Å². The molecule has 0 radical (unpaired) electrons. The van der Waals surface area contributed by atoms with E-state index in [0.29, 0.717) is 11.1 Å². The summed E-state index contributed by atoms with van der Waals surface area (Å²) in [5, 5.41) is 18.2. The first-order valence-corrected chi connectivity index (χ1v) is 4.10. The normalized spacial score (nSPS) is 8.67. The Hall–Kier alpha value is -1.18. The molecule has 0 aromatic heterocycles. The lowest BCUT2D eigenvalue weighted by atomic mass is 10.1. The zero-order chi connectivity index (χ0) is 9.72. The summed E-state index contributed by atoms with van der Waals surface area (Å²) in [5.41, 5.74) is 1.39. The van der Waals surface area contributed by atoms with E-state index >= 15 is 0 Å². The van der Waals surface area contributed by atoms with Crippen molar-refractivity contribution in [1.82, 2.24) is 0 Å². The van der Waals surface area contributed by atoms with Crippen LogP contribution in [0.25, 0.3) is 0 Å². The Morgan fingerprint density at radius 2 is 1.08 bits per heavy atom. The van der Waals surface area contributed by atoms with Crippen molar-refractivity contribution in [2.45, 2.75) is 27.7 Å². The molecule has 12 heavy (non-hydrogen) atoms. The third-order valence-corrected chi connectivity index (χ3v) is 1.51. The Kier molecular flexibility index (Phi) is 4.19. The lowest BCUT2D eigenvalue weighted by Gasteiger charge is -2.01. The quantitative estimate of drug-likeness (QED) is 0.585. The van der Waals surface area contributed by atoms with Gasteiger partial charge in [-0.05, 0) is 37.1 Å². The van der Waals surface area contributed by atoms with Crippen LogP contribution in [-0.4, -0.2) is 10.2 Å². The monoisotopic (exact) mass is 168 g/mol. The van der Waals surface area contributed by atoms with E-state index in [1.807, 2.05) is 13.8 Å². The first kappa shape index (κ1) is 10.8. The van der Waals surface area contributed by atoms with E-state index in [-0.39, 0.29) is 11.5 Å². The Bertz CT molecular complexity index is 204. The molecule has 0 aliphatic carbocycles. The fourth-order valence-electron chi connectivity index (χ4n) is 0.786. The number of phenols is 2. The van der Waals surface area contributed by atoms with Crippen molar-refractivity contribution in [1.29, 1.82) is 0 Å². The van der Waals surface area contributed by atoms with Gasteiger partial charge in [-0.2, -0.15) is 0 Å². The van der Waals surface area contributed by atoms with Crippen LogP contribution in [-0.2, 0) is 0 Å². The third-order valence-electron chi connectivity index (χ3n) is 1.51. The molecular weight excluding hydrogens is 152 g/mol. The SMILES string of the molecule is CC.Cc1cc(O)c(C)cc1O. The molecule has 0 bridgehead atoms. The molecule has 1 rings (SSSR count). The van der Waals surface area contributed by atoms with Gasteiger partial charge in [0.2, 0.25) is 0 Å². The first-order chi connectivity index (χ1) is 5.61. The fraction of sp³-hybridized carbons (Fsp3) is 0.400. The van der Waals surface area contributed by atoms with Gasteiger partial charge in [0.05, 0.1) is 0 Å². The zero-order valence-corrected chi connectivity index (χ0v) is 8.05. The highest BCUT2D eigenvalue weighted by Crippen LogP contribution is 2.24. The summed E-state index contributed by atoms with van der Waals surface area (Å²) in [7, 11) is 0. The van der Waals surface area contributed by atoms with Gasteiger partial charge in [-0.25, -0.2) is 0 Å². The van der Waals surface area contributed by atoms with E-state index in [1.54, 1.807) is 26.0 Å². The fourth-order valence-corrected chi connectivity index (χ4v) is 0.786. The summed E-state index contributed by atoms with van der Waals surface area (Å²) in [4.78, 5) is 0. The predicted octanol–water partition coefficient (Wildman–Crippen LogP) is 2.74. The highest BCUT2D eigenvalue weighted by molar-refractivity contribution is 5.43.